The predicted octanol–water partition coefficient (Wildman–Crippen LogP) is 4.44. The summed E-state index contributed by atoms with van der Waals surface area (Å²) in [7, 11) is 0. The van der Waals surface area contributed by atoms with Crippen LogP contribution in [0.5, 0.6) is 5.75 Å². The minimum Gasteiger partial charge on any atom is -0.508 e. The van der Waals surface area contributed by atoms with E-state index in [2.05, 4.69) is 10.6 Å². The Balaban J connectivity index is 3.47. The highest BCUT2D eigenvalue weighted by Crippen LogP contribution is 2.28. The summed E-state index contributed by atoms with van der Waals surface area (Å²) >= 11 is 0. The number of alkyl carbamates (subject to hydrolysis) is 1. The molecule has 1 aromatic carbocycles. The van der Waals surface area contributed by atoms with Gasteiger partial charge in [0.1, 0.15) is 23.4 Å². The zero-order valence-corrected chi connectivity index (χ0v) is 22.4. The molecule has 0 aliphatic rings. The molecule has 0 heterocycles. The Kier molecular flexibility index (Phi) is 9.97. The molecule has 0 aliphatic heterocycles. The first-order valence-electron chi connectivity index (χ1n) is 11.9. The molecule has 1 aromatic rings. The number of phenols is 1. The molecule has 1 rings (SSSR count). The largest absolute Gasteiger partial charge is 0.508 e. The molecule has 0 fully saturated rings. The number of aromatic hydroxyl groups is 1. The monoisotopic (exact) mass is 477 g/mol. The number of nitrogens with one attached hydrogen (secondary N) is 2. The van der Waals surface area contributed by atoms with Crippen LogP contribution in [0.25, 0.3) is 0 Å². The van der Waals surface area contributed by atoms with Crippen molar-refractivity contribution < 1.29 is 24.2 Å². The van der Waals surface area contributed by atoms with Gasteiger partial charge in [0.15, 0.2) is 0 Å². The predicted molar refractivity (Wildman–Crippen MR) is 133 cm³/mol. The maximum Gasteiger partial charge on any atom is 0.408 e. The van der Waals surface area contributed by atoms with Crippen LogP contribution in [0.4, 0.5) is 4.79 Å². The molecule has 8 nitrogen and oxygen atoms in total. The van der Waals surface area contributed by atoms with Crippen molar-refractivity contribution in [1.29, 1.82) is 0 Å². The van der Waals surface area contributed by atoms with Gasteiger partial charge in [0, 0.05) is 12.1 Å². The van der Waals surface area contributed by atoms with Crippen molar-refractivity contribution in [2.75, 3.05) is 6.54 Å². The Morgan fingerprint density at radius 3 is 2.12 bits per heavy atom. The average molecular weight is 478 g/mol. The van der Waals surface area contributed by atoms with Gasteiger partial charge in [0.2, 0.25) is 11.8 Å². The zero-order chi connectivity index (χ0) is 26.4. The molecule has 3 N–H and O–H groups in total. The van der Waals surface area contributed by atoms with E-state index in [0.717, 1.165) is 0 Å². The van der Waals surface area contributed by atoms with Gasteiger partial charge in [-0.15, -0.1) is 0 Å². The fourth-order valence-electron chi connectivity index (χ4n) is 3.52. The van der Waals surface area contributed by atoms with Crippen LogP contribution >= 0.6 is 0 Å². The summed E-state index contributed by atoms with van der Waals surface area (Å²) < 4.78 is 5.39. The number of likely N-dealkylation sites (N-methyl/N-ethyl adjacent to an activating group) is 1. The first kappa shape index (κ1) is 29.3. The quantitative estimate of drug-likeness (QED) is 0.513. The van der Waals surface area contributed by atoms with Crippen LogP contribution in [0.3, 0.4) is 0 Å². The fourth-order valence-corrected chi connectivity index (χ4v) is 3.52. The highest BCUT2D eigenvalue weighted by molar-refractivity contribution is 5.92. The summed E-state index contributed by atoms with van der Waals surface area (Å²) in [5, 5.41) is 15.7. The maximum atomic E-state index is 13.8. The number of hydrogen-bond acceptors (Lipinski definition) is 5. The van der Waals surface area contributed by atoms with Gasteiger partial charge >= 0.3 is 6.09 Å². The summed E-state index contributed by atoms with van der Waals surface area (Å²) in [6.07, 6.45) is -0.0422. The lowest BCUT2D eigenvalue weighted by Gasteiger charge is -2.36. The van der Waals surface area contributed by atoms with Gasteiger partial charge in [-0.3, -0.25) is 9.59 Å². The smallest absolute Gasteiger partial charge is 0.408 e. The molecule has 0 radical (unpaired) electrons. The lowest BCUT2D eigenvalue weighted by atomic mass is 9.95. The molecular weight excluding hydrogens is 434 g/mol. The van der Waals surface area contributed by atoms with Crippen molar-refractivity contribution in [3.8, 4) is 5.75 Å². The van der Waals surface area contributed by atoms with Gasteiger partial charge in [-0.05, 0) is 84.6 Å². The molecule has 34 heavy (non-hydrogen) atoms. The van der Waals surface area contributed by atoms with E-state index in [1.54, 1.807) is 46.8 Å². The van der Waals surface area contributed by atoms with Crippen molar-refractivity contribution >= 4 is 17.9 Å². The third-order valence-electron chi connectivity index (χ3n) is 5.37. The Morgan fingerprint density at radius 2 is 1.68 bits per heavy atom. The number of carbonyl (C=O) groups excluding carboxylic acids is 3. The van der Waals surface area contributed by atoms with Crippen molar-refractivity contribution in [1.82, 2.24) is 15.5 Å². The fraction of sp³-hybridized carbons (Fsp3) is 0.654. The van der Waals surface area contributed by atoms with E-state index < -0.39 is 29.3 Å². The van der Waals surface area contributed by atoms with E-state index in [9.17, 15) is 19.5 Å². The SMILES string of the molecule is CCC(C)C(NC(=O)OC(C)(C)C)C(=O)N(CC)C(C(=O)NC(C)(C)C)c1ccc(O)c(C)c1. The Bertz CT molecular complexity index is 870. The molecule has 3 atom stereocenters. The number of aryl methyl sites for hydroxylation is 1. The van der Waals surface area contributed by atoms with Crippen LogP contribution in [0.2, 0.25) is 0 Å². The number of phenolic OH excluding ortho intramolecular Hbond substituents is 1. The molecule has 0 saturated heterocycles. The van der Waals surface area contributed by atoms with Crippen molar-refractivity contribution in [3.05, 3.63) is 29.3 Å². The first-order chi connectivity index (χ1) is 15.5. The summed E-state index contributed by atoms with van der Waals surface area (Å²) in [4.78, 5) is 41.3. The molecule has 0 aromatic heterocycles. The normalized spacial score (nSPS) is 14.5. The second-order valence-electron chi connectivity index (χ2n) is 10.8. The van der Waals surface area contributed by atoms with Gasteiger partial charge in [-0.25, -0.2) is 4.79 Å². The van der Waals surface area contributed by atoms with E-state index >= 15 is 0 Å². The summed E-state index contributed by atoms with van der Waals surface area (Å²) in [5.74, 6) is -0.797. The van der Waals surface area contributed by atoms with E-state index in [1.807, 2.05) is 34.6 Å². The molecule has 0 saturated carbocycles. The van der Waals surface area contributed by atoms with Gasteiger partial charge in [0.25, 0.3) is 0 Å². The van der Waals surface area contributed by atoms with Crippen LogP contribution in [-0.2, 0) is 14.3 Å². The lowest BCUT2D eigenvalue weighted by molar-refractivity contribution is -0.143. The van der Waals surface area contributed by atoms with Crippen LogP contribution in [0.1, 0.15) is 85.9 Å². The number of nitrogens with zero attached hydrogens (tertiary/aromatic N) is 1. The van der Waals surface area contributed by atoms with Crippen molar-refractivity contribution in [3.63, 3.8) is 0 Å². The van der Waals surface area contributed by atoms with E-state index in [0.29, 0.717) is 17.5 Å². The standard InChI is InChI=1S/C26H43N3O5/c1-11-16(3)20(27-24(33)34-26(8,9)10)23(32)29(12-2)21(22(31)28-25(5,6)7)18-13-14-19(30)17(4)15-18/h13-16,20-21,30H,11-12H2,1-10H3,(H,27,33)(H,28,31). The maximum absolute atomic E-state index is 13.8. The molecule has 3 amide bonds. The second-order valence-corrected chi connectivity index (χ2v) is 10.8. The van der Waals surface area contributed by atoms with Gasteiger partial charge in [-0.1, -0.05) is 26.3 Å². The van der Waals surface area contributed by atoms with E-state index in [4.69, 9.17) is 4.74 Å². The Morgan fingerprint density at radius 1 is 1.09 bits per heavy atom. The third-order valence-corrected chi connectivity index (χ3v) is 5.37. The molecule has 0 spiro atoms. The molecule has 0 aliphatic carbocycles. The molecular formula is C26H43N3O5. The number of ether oxygens (including phenoxy) is 1. The van der Waals surface area contributed by atoms with Gasteiger partial charge < -0.3 is 25.4 Å². The van der Waals surface area contributed by atoms with Crippen LogP contribution in [0.15, 0.2) is 18.2 Å². The van der Waals surface area contributed by atoms with Crippen LogP contribution in [0, 0.1) is 12.8 Å². The van der Waals surface area contributed by atoms with Crippen molar-refractivity contribution in [2.24, 2.45) is 5.92 Å². The average Bonchev–Trinajstić information content (AvgIpc) is 2.68. The number of benzene rings is 1. The number of amides is 3. The number of hydrogen-bond donors (Lipinski definition) is 3. The minimum absolute atomic E-state index is 0.108. The minimum atomic E-state index is -0.942. The topological polar surface area (TPSA) is 108 Å². The van der Waals surface area contributed by atoms with E-state index in [1.165, 1.54) is 11.0 Å². The number of rotatable bonds is 8. The second kappa shape index (κ2) is 11.6. The summed E-state index contributed by atoms with van der Waals surface area (Å²) in [6, 6.07) is 3.06. The summed E-state index contributed by atoms with van der Waals surface area (Å²) in [6.45, 7) is 18.5. The Labute approximate surface area is 204 Å². The molecule has 8 heteroatoms. The van der Waals surface area contributed by atoms with Crippen LogP contribution < -0.4 is 10.6 Å². The zero-order valence-electron chi connectivity index (χ0n) is 22.4. The highest BCUT2D eigenvalue weighted by atomic mass is 16.6. The van der Waals surface area contributed by atoms with Gasteiger partial charge in [-0.2, -0.15) is 0 Å². The number of carbonyl (C=O) groups is 3. The molecule has 3 unspecified atom stereocenters. The third kappa shape index (κ3) is 8.54. The highest BCUT2D eigenvalue weighted by Gasteiger charge is 2.38. The first-order valence-corrected chi connectivity index (χ1v) is 11.9. The van der Waals surface area contributed by atoms with Crippen LogP contribution in [-0.4, -0.2) is 51.6 Å². The lowest BCUT2D eigenvalue weighted by Crippen LogP contribution is -2.56. The van der Waals surface area contributed by atoms with Gasteiger partial charge in [0.05, 0.1) is 0 Å². The molecule has 192 valence electrons. The summed E-state index contributed by atoms with van der Waals surface area (Å²) in [5.41, 5.74) is -0.0578. The van der Waals surface area contributed by atoms with E-state index in [-0.39, 0.29) is 30.0 Å². The van der Waals surface area contributed by atoms with Crippen molar-refractivity contribution in [2.45, 2.75) is 98.9 Å². The molecule has 0 bridgehead atoms. The Hall–Kier alpha value is -2.77.